The molecule has 1 aliphatic heterocycles. The molecule has 0 unspecified atom stereocenters. The fraction of sp³-hybridized carbons (Fsp3) is 0.412. The van der Waals surface area contributed by atoms with Crippen molar-refractivity contribution in [1.29, 1.82) is 0 Å². The van der Waals surface area contributed by atoms with Crippen LogP contribution in [-0.4, -0.2) is 40.2 Å². The van der Waals surface area contributed by atoms with Crippen molar-refractivity contribution in [3.63, 3.8) is 0 Å². The van der Waals surface area contributed by atoms with Gasteiger partial charge >= 0.3 is 0 Å². The first-order valence-electron chi connectivity index (χ1n) is 7.98. The third kappa shape index (κ3) is 3.43. The number of hydrogen-bond donors (Lipinski definition) is 2. The van der Waals surface area contributed by atoms with E-state index in [1.54, 1.807) is 0 Å². The molecule has 2 aromatic rings. The Kier molecular flexibility index (Phi) is 4.73. The molecule has 1 aromatic carbocycles. The van der Waals surface area contributed by atoms with Gasteiger partial charge in [0.2, 0.25) is 0 Å². The Morgan fingerprint density at radius 1 is 1.35 bits per heavy atom. The van der Waals surface area contributed by atoms with Gasteiger partial charge in [-0.2, -0.15) is 5.10 Å². The van der Waals surface area contributed by atoms with E-state index in [0.717, 1.165) is 37.3 Å². The van der Waals surface area contributed by atoms with Crippen LogP contribution in [0, 0.1) is 0 Å². The lowest BCUT2D eigenvalue weighted by atomic mass is 10.0. The van der Waals surface area contributed by atoms with E-state index in [0.29, 0.717) is 18.8 Å². The van der Waals surface area contributed by atoms with Crippen molar-refractivity contribution in [2.45, 2.75) is 19.5 Å². The predicted molar refractivity (Wildman–Crippen MR) is 88.9 cm³/mol. The maximum Gasteiger partial charge on any atom is 0.272 e. The van der Waals surface area contributed by atoms with E-state index < -0.39 is 0 Å². The second-order valence-corrected chi connectivity index (χ2v) is 5.89. The highest BCUT2D eigenvalue weighted by Gasteiger charge is 2.26. The average Bonchev–Trinajstić information content (AvgIpc) is 2.90. The van der Waals surface area contributed by atoms with Crippen LogP contribution in [-0.2, 0) is 26.6 Å². The van der Waals surface area contributed by atoms with Crippen LogP contribution in [0.2, 0.25) is 0 Å². The Balaban J connectivity index is 1.77. The first-order chi connectivity index (χ1) is 11.2. The van der Waals surface area contributed by atoms with Crippen LogP contribution in [0.25, 0.3) is 0 Å². The number of carbonyl (C=O) groups excluding carboxylic acids is 1. The Hall–Kier alpha value is -2.18. The van der Waals surface area contributed by atoms with E-state index in [1.165, 1.54) is 5.56 Å². The van der Waals surface area contributed by atoms with Gasteiger partial charge in [0.25, 0.3) is 5.91 Å². The molecule has 6 nitrogen and oxygen atoms in total. The molecule has 1 amide bonds. The molecule has 0 saturated heterocycles. The fourth-order valence-corrected chi connectivity index (χ4v) is 3.08. The maximum absolute atomic E-state index is 12.3. The minimum atomic E-state index is -0.131. The first-order valence-corrected chi connectivity index (χ1v) is 7.98. The van der Waals surface area contributed by atoms with Gasteiger partial charge in [0.1, 0.15) is 0 Å². The lowest BCUT2D eigenvalue weighted by Crippen LogP contribution is -2.33. The second kappa shape index (κ2) is 6.93. The largest absolute Gasteiger partial charge is 0.349 e. The topological polar surface area (TPSA) is 76.2 Å². The van der Waals surface area contributed by atoms with Crippen molar-refractivity contribution < 1.29 is 4.79 Å². The third-order valence-corrected chi connectivity index (χ3v) is 4.22. The Labute approximate surface area is 136 Å². The quantitative estimate of drug-likeness (QED) is 0.850. The summed E-state index contributed by atoms with van der Waals surface area (Å²) < 4.78 is 1.84. The van der Waals surface area contributed by atoms with Crippen molar-refractivity contribution >= 4 is 5.91 Å². The summed E-state index contributed by atoms with van der Waals surface area (Å²) in [6, 6.07) is 10.4. The number of rotatable bonds is 5. The van der Waals surface area contributed by atoms with E-state index in [2.05, 4.69) is 39.6 Å². The second-order valence-electron chi connectivity index (χ2n) is 5.89. The highest BCUT2D eigenvalue weighted by molar-refractivity contribution is 5.94. The molecule has 3 N–H and O–H groups in total. The van der Waals surface area contributed by atoms with Crippen LogP contribution < -0.4 is 11.1 Å². The van der Waals surface area contributed by atoms with E-state index in [-0.39, 0.29) is 5.91 Å². The number of hydrogen-bond acceptors (Lipinski definition) is 4. The predicted octanol–water partition coefficient (Wildman–Crippen LogP) is 0.667. The molecule has 0 radical (unpaired) electrons. The molecule has 3 rings (SSSR count). The standard InChI is InChI=1S/C17H23N5O/c1-21-15-7-10-22(11-13-5-3-2-4-6-13)12-14(15)16(20-21)17(23)19-9-8-18/h2-6H,7-12,18H2,1H3,(H,19,23). The number of amides is 1. The van der Waals surface area contributed by atoms with Gasteiger partial charge in [-0.15, -0.1) is 0 Å². The van der Waals surface area contributed by atoms with Gasteiger partial charge in [-0.1, -0.05) is 30.3 Å². The minimum absolute atomic E-state index is 0.131. The van der Waals surface area contributed by atoms with Crippen LogP contribution in [0.5, 0.6) is 0 Å². The van der Waals surface area contributed by atoms with Gasteiger partial charge in [-0.3, -0.25) is 14.4 Å². The Bertz CT molecular complexity index is 680. The molecular weight excluding hydrogens is 290 g/mol. The molecule has 0 spiro atoms. The van der Waals surface area contributed by atoms with Crippen LogP contribution in [0.1, 0.15) is 27.3 Å². The highest BCUT2D eigenvalue weighted by atomic mass is 16.1. The number of nitrogens with two attached hydrogens (primary N) is 1. The number of nitrogens with one attached hydrogen (secondary N) is 1. The third-order valence-electron chi connectivity index (χ3n) is 4.22. The zero-order chi connectivity index (χ0) is 16.2. The molecule has 23 heavy (non-hydrogen) atoms. The van der Waals surface area contributed by atoms with Crippen LogP contribution in [0.3, 0.4) is 0 Å². The van der Waals surface area contributed by atoms with Gasteiger partial charge in [-0.25, -0.2) is 0 Å². The normalized spacial score (nSPS) is 14.5. The molecule has 122 valence electrons. The van der Waals surface area contributed by atoms with Crippen molar-refractivity contribution in [3.05, 3.63) is 52.8 Å². The summed E-state index contributed by atoms with van der Waals surface area (Å²) in [5, 5.41) is 7.24. The molecular formula is C17H23N5O. The number of fused-ring (bicyclic) bond motifs is 1. The summed E-state index contributed by atoms with van der Waals surface area (Å²) in [4.78, 5) is 14.7. The molecule has 0 atom stereocenters. The van der Waals surface area contributed by atoms with Gasteiger partial charge in [0, 0.05) is 57.4 Å². The number of benzene rings is 1. The summed E-state index contributed by atoms with van der Waals surface area (Å²) in [6.07, 6.45) is 0.913. The Morgan fingerprint density at radius 2 is 2.13 bits per heavy atom. The summed E-state index contributed by atoms with van der Waals surface area (Å²) in [6.45, 7) is 3.52. The average molecular weight is 313 g/mol. The SMILES string of the molecule is Cn1nc(C(=O)NCCN)c2c1CCN(Cc1ccccc1)C2. The van der Waals surface area contributed by atoms with Gasteiger partial charge in [0.05, 0.1) is 0 Å². The summed E-state index contributed by atoms with van der Waals surface area (Å²) in [5.41, 5.74) is 9.48. The summed E-state index contributed by atoms with van der Waals surface area (Å²) in [7, 11) is 1.91. The molecule has 1 aliphatic rings. The lowest BCUT2D eigenvalue weighted by molar-refractivity contribution is 0.0946. The van der Waals surface area contributed by atoms with Crippen molar-refractivity contribution in [2.75, 3.05) is 19.6 Å². The van der Waals surface area contributed by atoms with Crippen molar-refractivity contribution in [1.82, 2.24) is 20.0 Å². The van der Waals surface area contributed by atoms with Gasteiger partial charge < -0.3 is 11.1 Å². The molecule has 2 heterocycles. The van der Waals surface area contributed by atoms with Gasteiger partial charge in [-0.05, 0) is 5.56 Å². The summed E-state index contributed by atoms with van der Waals surface area (Å²) in [5.74, 6) is -0.131. The first kappa shape index (κ1) is 15.7. The molecule has 1 aromatic heterocycles. The van der Waals surface area contributed by atoms with Crippen LogP contribution in [0.15, 0.2) is 30.3 Å². The molecule has 0 saturated carbocycles. The van der Waals surface area contributed by atoms with Crippen molar-refractivity contribution in [2.24, 2.45) is 12.8 Å². The zero-order valence-corrected chi connectivity index (χ0v) is 13.5. The number of aromatic nitrogens is 2. The number of aryl methyl sites for hydroxylation is 1. The molecule has 6 heteroatoms. The lowest BCUT2D eigenvalue weighted by Gasteiger charge is -2.27. The van der Waals surface area contributed by atoms with E-state index in [4.69, 9.17) is 5.73 Å². The van der Waals surface area contributed by atoms with Gasteiger partial charge in [0.15, 0.2) is 5.69 Å². The zero-order valence-electron chi connectivity index (χ0n) is 13.5. The highest BCUT2D eigenvalue weighted by Crippen LogP contribution is 2.23. The van der Waals surface area contributed by atoms with Crippen LogP contribution in [0.4, 0.5) is 0 Å². The van der Waals surface area contributed by atoms with E-state index >= 15 is 0 Å². The monoisotopic (exact) mass is 313 g/mol. The van der Waals surface area contributed by atoms with E-state index in [9.17, 15) is 4.79 Å². The smallest absolute Gasteiger partial charge is 0.272 e. The fourth-order valence-electron chi connectivity index (χ4n) is 3.08. The molecule has 0 fully saturated rings. The maximum atomic E-state index is 12.3. The molecule has 0 bridgehead atoms. The van der Waals surface area contributed by atoms with Crippen molar-refractivity contribution in [3.8, 4) is 0 Å². The van der Waals surface area contributed by atoms with Crippen LogP contribution >= 0.6 is 0 Å². The van der Waals surface area contributed by atoms with E-state index in [1.807, 2.05) is 17.8 Å². The summed E-state index contributed by atoms with van der Waals surface area (Å²) >= 11 is 0. The number of carbonyl (C=O) groups is 1. The number of nitrogens with zero attached hydrogens (tertiary/aromatic N) is 3. The minimum Gasteiger partial charge on any atom is -0.349 e. The Morgan fingerprint density at radius 3 is 2.87 bits per heavy atom. The molecule has 0 aliphatic carbocycles.